The fourth-order valence-corrected chi connectivity index (χ4v) is 6.32. The first kappa shape index (κ1) is 21.1. The van der Waals surface area contributed by atoms with E-state index in [0.29, 0.717) is 24.4 Å². The number of nitrogens with one attached hydrogen (secondary N) is 1. The molecule has 0 aliphatic heterocycles. The van der Waals surface area contributed by atoms with E-state index >= 15 is 0 Å². The van der Waals surface area contributed by atoms with Crippen LogP contribution in [0.5, 0.6) is 5.88 Å². The smallest absolute Gasteiger partial charge is 0.256 e. The quantitative estimate of drug-likeness (QED) is 0.643. The normalized spacial score (nSPS) is 24.5. The molecule has 1 heterocycles. The van der Waals surface area contributed by atoms with Gasteiger partial charge in [-0.05, 0) is 62.0 Å². The van der Waals surface area contributed by atoms with Gasteiger partial charge in [-0.3, -0.25) is 4.79 Å². The van der Waals surface area contributed by atoms with E-state index in [0.717, 1.165) is 30.9 Å². The molecule has 1 aromatic heterocycles. The molecule has 156 valence electrons. The van der Waals surface area contributed by atoms with Gasteiger partial charge in [-0.15, -0.1) is 0 Å². The van der Waals surface area contributed by atoms with E-state index in [4.69, 9.17) is 4.74 Å². The van der Waals surface area contributed by atoms with Gasteiger partial charge < -0.3 is 10.1 Å². The second kappa shape index (κ2) is 8.39. The minimum atomic E-state index is -2.95. The SMILES string of the molecule is CCCS(=O)(=O)C[C@H]1C[C@](CNC(=O)c2ccc(C)nc2OC)(CC2CC2)C1. The number of hydrogen-bond donors (Lipinski definition) is 1. The van der Waals surface area contributed by atoms with Crippen molar-refractivity contribution in [2.24, 2.45) is 17.3 Å². The van der Waals surface area contributed by atoms with Crippen molar-refractivity contribution in [3.05, 3.63) is 23.4 Å². The first-order valence-corrected chi connectivity index (χ1v) is 12.1. The van der Waals surface area contributed by atoms with Crippen LogP contribution >= 0.6 is 0 Å². The fourth-order valence-electron chi connectivity index (χ4n) is 4.58. The Hall–Kier alpha value is -1.63. The molecule has 7 heteroatoms. The molecule has 0 radical (unpaired) electrons. The second-order valence-corrected chi connectivity index (χ2v) is 11.0. The summed E-state index contributed by atoms with van der Waals surface area (Å²) in [5, 5.41) is 3.07. The zero-order valence-electron chi connectivity index (χ0n) is 17.2. The number of rotatable bonds is 10. The van der Waals surface area contributed by atoms with Gasteiger partial charge in [0.05, 0.1) is 12.9 Å². The van der Waals surface area contributed by atoms with E-state index in [1.54, 1.807) is 12.1 Å². The summed E-state index contributed by atoms with van der Waals surface area (Å²) in [7, 11) is -1.44. The highest BCUT2D eigenvalue weighted by atomic mass is 32.2. The number of hydrogen-bond acceptors (Lipinski definition) is 5. The van der Waals surface area contributed by atoms with Crippen LogP contribution in [0.2, 0.25) is 0 Å². The van der Waals surface area contributed by atoms with Crippen LogP contribution in [-0.2, 0) is 9.84 Å². The van der Waals surface area contributed by atoms with E-state index in [-0.39, 0.29) is 28.7 Å². The van der Waals surface area contributed by atoms with Crippen molar-refractivity contribution in [3.8, 4) is 5.88 Å². The Balaban J connectivity index is 1.61. The molecule has 2 aliphatic rings. The lowest BCUT2D eigenvalue weighted by atomic mass is 9.60. The number of amides is 1. The fraction of sp³-hybridized carbons (Fsp3) is 0.714. The van der Waals surface area contributed by atoms with Gasteiger partial charge in [0.15, 0.2) is 9.84 Å². The van der Waals surface area contributed by atoms with E-state index in [9.17, 15) is 13.2 Å². The van der Waals surface area contributed by atoms with Gasteiger partial charge in [0.2, 0.25) is 5.88 Å². The van der Waals surface area contributed by atoms with Gasteiger partial charge >= 0.3 is 0 Å². The highest BCUT2D eigenvalue weighted by Gasteiger charge is 2.48. The third-order valence-corrected chi connectivity index (χ3v) is 7.94. The minimum Gasteiger partial charge on any atom is -0.480 e. The first-order valence-electron chi connectivity index (χ1n) is 10.3. The molecule has 1 N–H and O–H groups in total. The van der Waals surface area contributed by atoms with Crippen LogP contribution in [0.4, 0.5) is 0 Å². The van der Waals surface area contributed by atoms with E-state index in [1.165, 1.54) is 20.0 Å². The van der Waals surface area contributed by atoms with Crippen molar-refractivity contribution in [2.45, 2.75) is 52.4 Å². The van der Waals surface area contributed by atoms with Crippen LogP contribution in [0.1, 0.15) is 61.5 Å². The van der Waals surface area contributed by atoms with Crippen LogP contribution in [0, 0.1) is 24.2 Å². The van der Waals surface area contributed by atoms with Crippen molar-refractivity contribution in [2.75, 3.05) is 25.2 Å². The standard InChI is InChI=1S/C21H32N2O4S/c1-4-9-28(25,26)13-17-11-21(12-17,10-16-6-7-16)14-22-19(24)18-8-5-15(2)23-20(18)27-3/h5,8,16-17H,4,6-7,9-14H2,1-3H3,(H,22,24)/t17-,21+. The number of nitrogens with zero attached hydrogens (tertiary/aromatic N) is 1. The summed E-state index contributed by atoms with van der Waals surface area (Å²) in [6, 6.07) is 3.54. The predicted molar refractivity (Wildman–Crippen MR) is 109 cm³/mol. The summed E-state index contributed by atoms with van der Waals surface area (Å²) in [4.78, 5) is 17.0. The summed E-state index contributed by atoms with van der Waals surface area (Å²) in [5.74, 6) is 1.68. The molecule has 2 fully saturated rings. The van der Waals surface area contributed by atoms with Gasteiger partial charge in [0.1, 0.15) is 5.56 Å². The van der Waals surface area contributed by atoms with Crippen LogP contribution in [-0.4, -0.2) is 44.5 Å². The summed E-state index contributed by atoms with van der Waals surface area (Å²) in [6.45, 7) is 4.35. The number of carbonyl (C=O) groups excluding carboxylic acids is 1. The zero-order valence-corrected chi connectivity index (χ0v) is 18.0. The number of pyridine rings is 1. The van der Waals surface area contributed by atoms with Crippen LogP contribution < -0.4 is 10.1 Å². The maximum absolute atomic E-state index is 12.7. The average molecular weight is 409 g/mol. The summed E-state index contributed by atoms with van der Waals surface area (Å²) in [5.41, 5.74) is 1.28. The van der Waals surface area contributed by atoms with Crippen molar-refractivity contribution in [3.63, 3.8) is 0 Å². The highest BCUT2D eigenvalue weighted by molar-refractivity contribution is 7.91. The first-order chi connectivity index (χ1) is 13.3. The zero-order chi connectivity index (χ0) is 20.4. The van der Waals surface area contributed by atoms with E-state index in [1.807, 2.05) is 13.8 Å². The van der Waals surface area contributed by atoms with Crippen molar-refractivity contribution in [1.82, 2.24) is 10.3 Å². The van der Waals surface area contributed by atoms with Crippen molar-refractivity contribution >= 4 is 15.7 Å². The van der Waals surface area contributed by atoms with Crippen molar-refractivity contribution < 1.29 is 17.9 Å². The summed E-state index contributed by atoms with van der Waals surface area (Å²) in [6.07, 6.45) is 6.03. The summed E-state index contributed by atoms with van der Waals surface area (Å²) < 4.78 is 29.5. The second-order valence-electron chi connectivity index (χ2n) is 8.73. The largest absolute Gasteiger partial charge is 0.480 e. The van der Waals surface area contributed by atoms with Crippen LogP contribution in [0.25, 0.3) is 0 Å². The number of sulfone groups is 1. The van der Waals surface area contributed by atoms with E-state index < -0.39 is 9.84 Å². The lowest BCUT2D eigenvalue weighted by Crippen LogP contribution is -2.48. The molecule has 0 spiro atoms. The Kier molecular flexibility index (Phi) is 6.32. The number of ether oxygens (including phenoxy) is 1. The van der Waals surface area contributed by atoms with Gasteiger partial charge in [-0.25, -0.2) is 13.4 Å². The van der Waals surface area contributed by atoms with Gasteiger partial charge in [0, 0.05) is 18.0 Å². The van der Waals surface area contributed by atoms with Crippen LogP contribution in [0.3, 0.4) is 0 Å². The third kappa shape index (κ3) is 5.25. The predicted octanol–water partition coefficient (Wildman–Crippen LogP) is 3.15. The number of carbonyl (C=O) groups is 1. The maximum atomic E-state index is 12.7. The molecule has 0 bridgehead atoms. The maximum Gasteiger partial charge on any atom is 0.256 e. The van der Waals surface area contributed by atoms with Gasteiger partial charge in [-0.1, -0.05) is 19.8 Å². The molecule has 6 nitrogen and oxygen atoms in total. The molecule has 1 amide bonds. The lowest BCUT2D eigenvalue weighted by Gasteiger charge is -2.48. The molecule has 0 aromatic carbocycles. The number of aryl methyl sites for hydroxylation is 1. The average Bonchev–Trinajstić information content (AvgIpc) is 3.41. The molecule has 0 saturated heterocycles. The monoisotopic (exact) mass is 408 g/mol. The molecular formula is C21H32N2O4S. The Morgan fingerprint density at radius 2 is 2.00 bits per heavy atom. The third-order valence-electron chi connectivity index (χ3n) is 5.93. The molecule has 3 rings (SSSR count). The van der Waals surface area contributed by atoms with Crippen molar-refractivity contribution in [1.29, 1.82) is 0 Å². The molecule has 2 saturated carbocycles. The Morgan fingerprint density at radius 3 is 2.61 bits per heavy atom. The van der Waals surface area contributed by atoms with Gasteiger partial charge in [0.25, 0.3) is 5.91 Å². The molecule has 0 atom stereocenters. The molecule has 28 heavy (non-hydrogen) atoms. The van der Waals surface area contributed by atoms with Gasteiger partial charge in [-0.2, -0.15) is 0 Å². The lowest BCUT2D eigenvalue weighted by molar-refractivity contribution is 0.0474. The number of aromatic nitrogens is 1. The molecule has 1 aromatic rings. The Morgan fingerprint density at radius 1 is 1.29 bits per heavy atom. The van der Waals surface area contributed by atoms with E-state index in [2.05, 4.69) is 10.3 Å². The Labute approximate surface area is 168 Å². The Bertz CT molecular complexity index is 812. The van der Waals surface area contributed by atoms with Crippen LogP contribution in [0.15, 0.2) is 12.1 Å². The topological polar surface area (TPSA) is 85.4 Å². The molecule has 0 unspecified atom stereocenters. The molecule has 2 aliphatic carbocycles. The number of methoxy groups -OCH3 is 1. The highest BCUT2D eigenvalue weighted by Crippen LogP contribution is 2.53. The summed E-state index contributed by atoms with van der Waals surface area (Å²) >= 11 is 0. The molecular weight excluding hydrogens is 376 g/mol. The minimum absolute atomic E-state index is 0.0363.